The van der Waals surface area contributed by atoms with E-state index in [2.05, 4.69) is 19.7 Å². The minimum absolute atomic E-state index is 0. The van der Waals surface area contributed by atoms with Gasteiger partial charge >= 0.3 is 0 Å². The third-order valence-electron chi connectivity index (χ3n) is 3.55. The van der Waals surface area contributed by atoms with Crippen molar-refractivity contribution < 1.29 is 15.6 Å². The van der Waals surface area contributed by atoms with E-state index in [-0.39, 0.29) is 23.7 Å². The molecule has 2 rings (SSSR count). The van der Waals surface area contributed by atoms with Gasteiger partial charge in [-0.3, -0.25) is 0 Å². The summed E-state index contributed by atoms with van der Waals surface area (Å²) in [6, 6.07) is 9.69. The van der Waals surface area contributed by atoms with Crippen LogP contribution < -0.4 is 4.74 Å². The van der Waals surface area contributed by atoms with Crippen molar-refractivity contribution in [3.63, 3.8) is 0 Å². The minimum Gasteiger partial charge on any atom is -0.490 e. The third kappa shape index (κ3) is 37.8. The second kappa shape index (κ2) is 43.9. The van der Waals surface area contributed by atoms with Gasteiger partial charge in [-0.05, 0) is 31.9 Å². The monoisotopic (exact) mass is 470 g/mol. The number of ether oxygens (including phenoxy) is 3. The van der Waals surface area contributed by atoms with Crippen LogP contribution in [-0.2, 0) is 9.47 Å². The maximum atomic E-state index is 5.51. The highest BCUT2D eigenvalue weighted by atomic mass is 16.5. The van der Waals surface area contributed by atoms with Gasteiger partial charge in [-0.2, -0.15) is 0 Å². The molecule has 1 saturated carbocycles. The molecule has 0 amide bonds. The molecule has 0 N–H and O–H groups in total. The topological polar surface area (TPSA) is 27.7 Å². The Morgan fingerprint density at radius 1 is 0.788 bits per heavy atom. The summed E-state index contributed by atoms with van der Waals surface area (Å²) in [5.74, 6) is 0.891. The van der Waals surface area contributed by atoms with E-state index in [1.54, 1.807) is 12.2 Å². The van der Waals surface area contributed by atoms with Crippen LogP contribution in [0.4, 0.5) is 0 Å². The minimum atomic E-state index is 0. The Hall–Kier alpha value is -1.84. The zero-order valence-electron chi connectivity index (χ0n) is 20.4. The van der Waals surface area contributed by atoms with Gasteiger partial charge in [0.1, 0.15) is 12.4 Å². The highest BCUT2D eigenvalue weighted by Crippen LogP contribution is 2.19. The van der Waals surface area contributed by atoms with Crippen LogP contribution in [0.3, 0.4) is 0 Å². The Morgan fingerprint density at radius 2 is 1.27 bits per heavy atom. The lowest BCUT2D eigenvalue weighted by Gasteiger charge is -2.20. The molecule has 0 unspecified atom stereocenters. The lowest BCUT2D eigenvalue weighted by atomic mass is 9.98. The van der Waals surface area contributed by atoms with Gasteiger partial charge in [0, 0.05) is 8.03 Å². The largest absolute Gasteiger partial charge is 0.490 e. The van der Waals surface area contributed by atoms with Crippen LogP contribution in [0.25, 0.3) is 0 Å². The van der Waals surface area contributed by atoms with Crippen molar-refractivity contribution in [3.8, 4) is 5.75 Å². The smallest absolute Gasteiger partial charge is 0.119 e. The van der Waals surface area contributed by atoms with Crippen molar-refractivity contribution >= 4 is 0 Å². The fourth-order valence-electron chi connectivity index (χ4n) is 2.31. The average Bonchev–Trinajstić information content (AvgIpc) is 2.84. The summed E-state index contributed by atoms with van der Waals surface area (Å²) in [6.07, 6.45) is 12.4. The zero-order chi connectivity index (χ0) is 23.3. The molecule has 0 atom stereocenters. The van der Waals surface area contributed by atoms with Crippen LogP contribution in [0.15, 0.2) is 68.3 Å². The molecule has 0 spiro atoms. The Morgan fingerprint density at radius 3 is 1.67 bits per heavy atom. The lowest BCUT2D eigenvalue weighted by molar-refractivity contribution is 0.0467. The van der Waals surface area contributed by atoms with Gasteiger partial charge in [0.15, 0.2) is 0 Å². The summed E-state index contributed by atoms with van der Waals surface area (Å²) in [4.78, 5) is 0. The van der Waals surface area contributed by atoms with E-state index in [4.69, 9.17) is 14.2 Å². The van der Waals surface area contributed by atoms with E-state index < -0.39 is 0 Å². The fourth-order valence-corrected chi connectivity index (χ4v) is 2.31. The highest BCUT2D eigenvalue weighted by molar-refractivity contribution is 5.21. The second-order valence-electron chi connectivity index (χ2n) is 5.74. The molecule has 0 aliphatic heterocycles. The summed E-state index contributed by atoms with van der Waals surface area (Å²) >= 11 is 0. The van der Waals surface area contributed by atoms with E-state index >= 15 is 0 Å². The van der Waals surface area contributed by atoms with Gasteiger partial charge in [-0.15, -0.1) is 13.2 Å². The Kier molecular flexibility index (Phi) is 59.6. The molecule has 3 heteroatoms. The van der Waals surface area contributed by atoms with Crippen LogP contribution in [0, 0.1) is 0 Å². The standard InChI is InChI=1S/C9H16O.C9H10O.C5H10O.2C2H6.3CH4.H2/c2*1-2-8-10-9-6-4-3-5-7-9;1-3-5-6-4-2;2*1-2;;;;/h2,9H,1,3-8H2;2-7H,1,8H2;3H,1,4-5H2,2H3;2*1-2H3;3*1H4;1H. The molecule has 1 aliphatic carbocycles. The Bertz CT molecular complexity index is 444. The van der Waals surface area contributed by atoms with Crippen molar-refractivity contribution in [1.82, 2.24) is 0 Å². The molecule has 0 aromatic heterocycles. The Balaban J connectivity index is -0.0000000580. The number of hydrogen-bond acceptors (Lipinski definition) is 3. The van der Waals surface area contributed by atoms with Crippen LogP contribution >= 0.6 is 0 Å². The first-order valence-electron chi connectivity index (χ1n) is 11.5. The summed E-state index contributed by atoms with van der Waals surface area (Å²) in [5, 5.41) is 0. The van der Waals surface area contributed by atoms with Crippen molar-refractivity contribution in [2.75, 3.05) is 26.4 Å². The fraction of sp³-hybridized carbons (Fsp3) is 0.600. The molecule has 3 nitrogen and oxygen atoms in total. The van der Waals surface area contributed by atoms with Gasteiger partial charge < -0.3 is 14.2 Å². The predicted octanol–water partition coefficient (Wildman–Crippen LogP) is 10.2. The van der Waals surface area contributed by atoms with Crippen molar-refractivity contribution in [2.24, 2.45) is 0 Å². The molecule has 1 aliphatic rings. The molecule has 0 bridgehead atoms. The first-order valence-corrected chi connectivity index (χ1v) is 11.5. The van der Waals surface area contributed by atoms with Crippen molar-refractivity contribution in [2.45, 2.75) is 95.1 Å². The maximum Gasteiger partial charge on any atom is 0.119 e. The van der Waals surface area contributed by atoms with E-state index in [1.165, 1.54) is 32.1 Å². The molecular formula is C30H62O3. The SMILES string of the molecule is C.C.C.C=CCOC1CCCCC1.C=CCOCC.C=CCOc1ccccc1.CC.CC.[HH]. The molecule has 200 valence electrons. The number of hydrogen-bond donors (Lipinski definition) is 0. The predicted molar refractivity (Wildman–Crippen MR) is 157 cm³/mol. The molecule has 0 heterocycles. The summed E-state index contributed by atoms with van der Waals surface area (Å²) in [7, 11) is 0. The van der Waals surface area contributed by atoms with Crippen molar-refractivity contribution in [3.05, 3.63) is 68.3 Å². The van der Waals surface area contributed by atoms with Gasteiger partial charge in [0.2, 0.25) is 0 Å². The number of rotatable bonds is 9. The van der Waals surface area contributed by atoms with Crippen LogP contribution in [0.2, 0.25) is 0 Å². The summed E-state index contributed by atoms with van der Waals surface area (Å²) in [6.45, 7) is 23.4. The summed E-state index contributed by atoms with van der Waals surface area (Å²) in [5.41, 5.74) is 0. The maximum absolute atomic E-state index is 5.51. The molecule has 1 aromatic rings. The molecule has 1 aromatic carbocycles. The zero-order valence-corrected chi connectivity index (χ0v) is 20.4. The quantitative estimate of drug-likeness (QED) is 0.265. The van der Waals surface area contributed by atoms with Crippen molar-refractivity contribution in [1.29, 1.82) is 0 Å². The van der Waals surface area contributed by atoms with Crippen LogP contribution in [0.5, 0.6) is 5.75 Å². The normalized spacial score (nSPS) is 10.8. The summed E-state index contributed by atoms with van der Waals surface area (Å²) < 4.78 is 15.6. The van der Waals surface area contributed by atoms with E-state index in [0.717, 1.165) is 19.0 Å². The van der Waals surface area contributed by atoms with Gasteiger partial charge in [-0.1, -0.05) is 112 Å². The average molecular weight is 471 g/mol. The highest BCUT2D eigenvalue weighted by Gasteiger charge is 2.12. The van der Waals surface area contributed by atoms with Crippen LogP contribution in [-0.4, -0.2) is 32.5 Å². The van der Waals surface area contributed by atoms with E-state index in [0.29, 0.717) is 19.3 Å². The Labute approximate surface area is 211 Å². The van der Waals surface area contributed by atoms with E-state index in [9.17, 15) is 0 Å². The second-order valence-corrected chi connectivity index (χ2v) is 5.74. The van der Waals surface area contributed by atoms with Gasteiger partial charge in [0.25, 0.3) is 0 Å². The molecule has 0 radical (unpaired) electrons. The molecule has 33 heavy (non-hydrogen) atoms. The third-order valence-corrected chi connectivity index (χ3v) is 3.55. The van der Waals surface area contributed by atoms with Gasteiger partial charge in [-0.25, -0.2) is 0 Å². The van der Waals surface area contributed by atoms with Crippen LogP contribution in [0.1, 0.15) is 90.4 Å². The molecule has 1 fully saturated rings. The first kappa shape index (κ1) is 44.8. The number of para-hydroxylation sites is 1. The van der Waals surface area contributed by atoms with Gasteiger partial charge in [0.05, 0.1) is 19.3 Å². The first-order chi connectivity index (χ1) is 14.8. The molecular weight excluding hydrogens is 408 g/mol. The molecule has 0 saturated heterocycles. The lowest BCUT2D eigenvalue weighted by Crippen LogP contribution is -2.16. The van der Waals surface area contributed by atoms with E-state index in [1.807, 2.05) is 71.0 Å². The number of benzene rings is 1.